The molecule has 1 aliphatic rings. The molecule has 0 spiro atoms. The number of carboxylic acid groups (broad SMARTS) is 2. The van der Waals surface area contributed by atoms with E-state index in [9.17, 15) is 9.59 Å². The van der Waals surface area contributed by atoms with Crippen LogP contribution in [0.2, 0.25) is 0 Å². The third-order valence-electron chi connectivity index (χ3n) is 5.74. The highest BCUT2D eigenvalue weighted by Crippen LogP contribution is 2.37. The van der Waals surface area contributed by atoms with Gasteiger partial charge in [0, 0.05) is 36.6 Å². The number of hydrogen-bond acceptors (Lipinski definition) is 8. The summed E-state index contributed by atoms with van der Waals surface area (Å²) in [6, 6.07) is 15.6. The van der Waals surface area contributed by atoms with Gasteiger partial charge in [0.05, 0.1) is 0 Å². The molecule has 1 heterocycles. The number of benzene rings is 2. The van der Waals surface area contributed by atoms with Crippen molar-refractivity contribution < 1.29 is 33.8 Å². The minimum Gasteiger partial charge on any atom is -0.450 e. The van der Waals surface area contributed by atoms with Crippen LogP contribution in [0.15, 0.2) is 53.1 Å². The highest BCUT2D eigenvalue weighted by atomic mass is 16.8. The van der Waals surface area contributed by atoms with Crippen molar-refractivity contribution in [2.24, 2.45) is 5.92 Å². The zero-order chi connectivity index (χ0) is 25.0. The van der Waals surface area contributed by atoms with E-state index in [4.69, 9.17) is 14.7 Å². The number of carbonyl (C=O) groups is 2. The van der Waals surface area contributed by atoms with E-state index in [1.807, 2.05) is 36.4 Å². The number of aromatic nitrogens is 2. The summed E-state index contributed by atoms with van der Waals surface area (Å²) in [7, 11) is 0. The zero-order valence-corrected chi connectivity index (χ0v) is 19.4. The summed E-state index contributed by atoms with van der Waals surface area (Å²) in [4.78, 5) is 26.2. The average molecular weight is 482 g/mol. The minimum absolute atomic E-state index is 0.105. The standard InChI is InChI=1S/C25H27N3O7/c1-15(2)11-16-3-9-19(10-4-16)22-27-21(28-35-22)18-7-5-17(6-8-18)14-26-20-12-25(13-20,33-23(29)30)34-24(31)32/h3-10,15,20,26H,11-14H2,1-2H3,(H,29,30)(H,31,32). The van der Waals surface area contributed by atoms with Crippen LogP contribution in [-0.4, -0.2) is 44.5 Å². The molecule has 2 aromatic carbocycles. The van der Waals surface area contributed by atoms with Crippen molar-refractivity contribution in [3.63, 3.8) is 0 Å². The van der Waals surface area contributed by atoms with Crippen molar-refractivity contribution in [3.05, 3.63) is 59.7 Å². The predicted molar refractivity (Wildman–Crippen MR) is 125 cm³/mol. The SMILES string of the molecule is CC(C)Cc1ccc(-c2nc(-c3ccc(CNC4CC(OC(=O)O)(OC(=O)O)C4)cc3)no2)cc1. The second kappa shape index (κ2) is 10.1. The summed E-state index contributed by atoms with van der Waals surface area (Å²) in [5.41, 5.74) is 3.93. The number of nitrogens with one attached hydrogen (secondary N) is 1. The van der Waals surface area contributed by atoms with Crippen molar-refractivity contribution in [1.29, 1.82) is 0 Å². The molecular formula is C25H27N3O7. The van der Waals surface area contributed by atoms with Crippen LogP contribution in [-0.2, 0) is 22.4 Å². The van der Waals surface area contributed by atoms with Gasteiger partial charge in [-0.3, -0.25) is 0 Å². The van der Waals surface area contributed by atoms with Gasteiger partial charge in [0.1, 0.15) is 0 Å². The van der Waals surface area contributed by atoms with Crippen LogP contribution in [0.25, 0.3) is 22.8 Å². The molecule has 1 aromatic heterocycles. The molecule has 184 valence electrons. The first-order valence-corrected chi connectivity index (χ1v) is 11.3. The largest absolute Gasteiger partial charge is 0.509 e. The summed E-state index contributed by atoms with van der Waals surface area (Å²) in [5.74, 6) is -0.105. The maximum atomic E-state index is 10.8. The van der Waals surface area contributed by atoms with Crippen LogP contribution >= 0.6 is 0 Å². The summed E-state index contributed by atoms with van der Waals surface area (Å²) in [5, 5.41) is 25.0. The van der Waals surface area contributed by atoms with Crippen molar-refractivity contribution in [3.8, 4) is 22.8 Å². The Kier molecular flexibility index (Phi) is 7.02. The molecule has 10 nitrogen and oxygen atoms in total. The van der Waals surface area contributed by atoms with Gasteiger partial charge in [-0.05, 0) is 35.6 Å². The van der Waals surface area contributed by atoms with Crippen LogP contribution in [0.4, 0.5) is 9.59 Å². The maximum absolute atomic E-state index is 10.8. The van der Waals surface area contributed by atoms with Crippen LogP contribution in [0.3, 0.4) is 0 Å². The van der Waals surface area contributed by atoms with Crippen LogP contribution in [0, 0.1) is 5.92 Å². The minimum atomic E-state index is -1.65. The van der Waals surface area contributed by atoms with E-state index >= 15 is 0 Å². The molecule has 1 saturated carbocycles. The Morgan fingerprint density at radius 1 is 1.00 bits per heavy atom. The Morgan fingerprint density at radius 3 is 2.14 bits per heavy atom. The van der Waals surface area contributed by atoms with Crippen molar-refractivity contribution in [2.75, 3.05) is 0 Å². The molecule has 0 bridgehead atoms. The molecule has 3 N–H and O–H groups in total. The Bertz CT molecular complexity index is 1150. The predicted octanol–water partition coefficient (Wildman–Crippen LogP) is 4.94. The number of ether oxygens (including phenoxy) is 2. The number of nitrogens with zero attached hydrogens (tertiary/aromatic N) is 2. The fraction of sp³-hybridized carbons (Fsp3) is 0.360. The maximum Gasteiger partial charge on any atom is 0.509 e. The second-order valence-corrected chi connectivity index (χ2v) is 9.05. The van der Waals surface area contributed by atoms with Crippen LogP contribution in [0.5, 0.6) is 0 Å². The van der Waals surface area contributed by atoms with Crippen LogP contribution < -0.4 is 5.32 Å². The van der Waals surface area contributed by atoms with Crippen molar-refractivity contribution in [1.82, 2.24) is 15.5 Å². The van der Waals surface area contributed by atoms with Crippen molar-refractivity contribution in [2.45, 2.75) is 51.5 Å². The molecule has 3 aromatic rings. The first-order valence-electron chi connectivity index (χ1n) is 11.3. The molecular weight excluding hydrogens is 454 g/mol. The normalized spacial score (nSPS) is 14.9. The highest BCUT2D eigenvalue weighted by Gasteiger charge is 2.51. The molecule has 10 heteroatoms. The lowest BCUT2D eigenvalue weighted by Gasteiger charge is -2.43. The van der Waals surface area contributed by atoms with E-state index in [1.54, 1.807) is 0 Å². The fourth-order valence-corrected chi connectivity index (χ4v) is 4.09. The molecule has 0 aliphatic heterocycles. The average Bonchev–Trinajstić information content (AvgIpc) is 3.26. The van der Waals surface area contributed by atoms with E-state index in [-0.39, 0.29) is 18.9 Å². The summed E-state index contributed by atoms with van der Waals surface area (Å²) >= 11 is 0. The van der Waals surface area contributed by atoms with Gasteiger partial charge in [-0.15, -0.1) is 0 Å². The van der Waals surface area contributed by atoms with Gasteiger partial charge < -0.3 is 29.5 Å². The van der Waals surface area contributed by atoms with Gasteiger partial charge in [-0.2, -0.15) is 4.98 Å². The van der Waals surface area contributed by atoms with Gasteiger partial charge in [0.25, 0.3) is 11.7 Å². The third kappa shape index (κ3) is 6.15. The fourth-order valence-electron chi connectivity index (χ4n) is 4.09. The lowest BCUT2D eigenvalue weighted by molar-refractivity contribution is -0.234. The molecule has 1 aliphatic carbocycles. The first-order chi connectivity index (χ1) is 16.7. The lowest BCUT2D eigenvalue weighted by atomic mass is 9.84. The summed E-state index contributed by atoms with van der Waals surface area (Å²) < 4.78 is 14.7. The number of hydrogen-bond donors (Lipinski definition) is 3. The molecule has 0 atom stereocenters. The van der Waals surface area contributed by atoms with Gasteiger partial charge in [0.15, 0.2) is 0 Å². The molecule has 4 rings (SSSR count). The molecule has 0 radical (unpaired) electrons. The lowest BCUT2D eigenvalue weighted by Crippen LogP contribution is -2.57. The van der Waals surface area contributed by atoms with Crippen LogP contribution in [0.1, 0.15) is 37.8 Å². The van der Waals surface area contributed by atoms with E-state index in [0.29, 0.717) is 24.2 Å². The van der Waals surface area contributed by atoms with E-state index < -0.39 is 18.1 Å². The van der Waals surface area contributed by atoms with E-state index in [0.717, 1.165) is 23.1 Å². The molecule has 1 fully saturated rings. The Labute approximate surface area is 201 Å². The Hall–Kier alpha value is -3.92. The monoisotopic (exact) mass is 481 g/mol. The second-order valence-electron chi connectivity index (χ2n) is 9.05. The third-order valence-corrected chi connectivity index (χ3v) is 5.74. The van der Waals surface area contributed by atoms with Gasteiger partial charge in [-0.1, -0.05) is 55.4 Å². The van der Waals surface area contributed by atoms with Crippen molar-refractivity contribution >= 4 is 12.3 Å². The van der Waals surface area contributed by atoms with Gasteiger partial charge in [0.2, 0.25) is 5.82 Å². The Morgan fingerprint density at radius 2 is 1.57 bits per heavy atom. The summed E-state index contributed by atoms with van der Waals surface area (Å²) in [6.07, 6.45) is -1.92. The quantitative estimate of drug-likeness (QED) is 0.284. The topological polar surface area (TPSA) is 144 Å². The summed E-state index contributed by atoms with van der Waals surface area (Å²) in [6.45, 7) is 4.87. The smallest absolute Gasteiger partial charge is 0.450 e. The highest BCUT2D eigenvalue weighted by molar-refractivity contribution is 5.61. The number of rotatable bonds is 9. The van der Waals surface area contributed by atoms with E-state index in [2.05, 4.69) is 50.9 Å². The molecule has 35 heavy (non-hydrogen) atoms. The van der Waals surface area contributed by atoms with E-state index in [1.165, 1.54) is 5.56 Å². The molecule has 0 amide bonds. The Balaban J connectivity index is 1.32. The molecule has 0 saturated heterocycles. The first kappa shape index (κ1) is 24.2. The zero-order valence-electron chi connectivity index (χ0n) is 19.4. The van der Waals surface area contributed by atoms with Gasteiger partial charge in [-0.25, -0.2) is 9.59 Å². The molecule has 0 unspecified atom stereocenters. The van der Waals surface area contributed by atoms with Gasteiger partial charge >= 0.3 is 12.3 Å².